The van der Waals surface area contributed by atoms with Gasteiger partial charge in [0.25, 0.3) is 5.56 Å². The fraction of sp³-hybridized carbons (Fsp3) is 0.111. The molecule has 3 aromatic heterocycles. The molecule has 6 rings (SSSR count). The van der Waals surface area contributed by atoms with E-state index in [1.54, 1.807) is 10.9 Å². The van der Waals surface area contributed by atoms with E-state index in [4.69, 9.17) is 19.7 Å². The third-order valence-corrected chi connectivity index (χ3v) is 5.83. The largest absolute Gasteiger partial charge is 0.494 e. The normalized spacial score (nSPS) is 11.4. The number of hydrogen-bond donors (Lipinski definition) is 0. The van der Waals surface area contributed by atoms with Crippen molar-refractivity contribution in [2.24, 2.45) is 0 Å². The van der Waals surface area contributed by atoms with Gasteiger partial charge in [0.05, 0.1) is 24.2 Å². The van der Waals surface area contributed by atoms with Crippen molar-refractivity contribution in [1.82, 2.24) is 24.1 Å². The zero-order valence-electron chi connectivity index (χ0n) is 18.5. The van der Waals surface area contributed by atoms with E-state index in [0.717, 1.165) is 28.0 Å². The van der Waals surface area contributed by atoms with Crippen molar-refractivity contribution in [2.75, 3.05) is 6.61 Å². The van der Waals surface area contributed by atoms with Gasteiger partial charge in [-0.25, -0.2) is 15.0 Å². The minimum atomic E-state index is -0.145. The monoisotopic (exact) mass is 447 g/mol. The van der Waals surface area contributed by atoms with E-state index < -0.39 is 0 Å². The molecule has 6 aromatic rings. The molecule has 0 aliphatic heterocycles. The minimum Gasteiger partial charge on any atom is -0.494 e. The summed E-state index contributed by atoms with van der Waals surface area (Å²) in [5, 5.41) is 0.459. The van der Waals surface area contributed by atoms with Crippen LogP contribution in [0.15, 0.2) is 90.0 Å². The van der Waals surface area contributed by atoms with Gasteiger partial charge in [-0.2, -0.15) is 0 Å². The molecule has 0 atom stereocenters. The highest BCUT2D eigenvalue weighted by molar-refractivity contribution is 6.05. The predicted octanol–water partition coefficient (Wildman–Crippen LogP) is 4.73. The number of nitrogens with zero attached hydrogens (tertiary/aromatic N) is 5. The van der Waals surface area contributed by atoms with Crippen LogP contribution in [0.1, 0.15) is 12.5 Å². The Morgan fingerprint density at radius 2 is 1.53 bits per heavy atom. The summed E-state index contributed by atoms with van der Waals surface area (Å²) in [6.45, 7) is 2.97. The standard InChI is InChI=1S/C27H21N5O2/c1-2-34-20-14-12-19(13-15-20)32-25-23(24-26(32)30-22-11-7-6-10-21(22)29-24)27(33)31(17-28-25)16-18-8-4-3-5-9-18/h3-15,17H,2,16H2,1H3. The first-order chi connectivity index (χ1) is 16.7. The summed E-state index contributed by atoms with van der Waals surface area (Å²) in [6.07, 6.45) is 1.60. The summed E-state index contributed by atoms with van der Waals surface area (Å²) >= 11 is 0. The third kappa shape index (κ3) is 3.29. The lowest BCUT2D eigenvalue weighted by atomic mass is 10.2. The first kappa shape index (κ1) is 20.1. The van der Waals surface area contributed by atoms with Crippen molar-refractivity contribution >= 4 is 33.2 Å². The molecule has 0 saturated carbocycles. The molecule has 7 nitrogen and oxygen atoms in total. The number of para-hydroxylation sites is 2. The van der Waals surface area contributed by atoms with Gasteiger partial charge < -0.3 is 4.74 Å². The molecule has 0 N–H and O–H groups in total. The van der Waals surface area contributed by atoms with Gasteiger partial charge in [-0.05, 0) is 48.9 Å². The fourth-order valence-electron chi connectivity index (χ4n) is 4.27. The molecule has 0 radical (unpaired) electrons. The molecule has 166 valence electrons. The van der Waals surface area contributed by atoms with E-state index in [9.17, 15) is 4.79 Å². The van der Waals surface area contributed by atoms with E-state index in [2.05, 4.69) is 0 Å². The Morgan fingerprint density at radius 1 is 0.824 bits per heavy atom. The van der Waals surface area contributed by atoms with Gasteiger partial charge in [-0.3, -0.25) is 13.9 Å². The van der Waals surface area contributed by atoms with Crippen molar-refractivity contribution in [3.05, 3.63) is 101 Å². The highest BCUT2D eigenvalue weighted by atomic mass is 16.5. The van der Waals surface area contributed by atoms with Crippen LogP contribution in [0.3, 0.4) is 0 Å². The molecule has 0 spiro atoms. The molecule has 0 amide bonds. The van der Waals surface area contributed by atoms with Gasteiger partial charge in [0, 0.05) is 5.69 Å². The summed E-state index contributed by atoms with van der Waals surface area (Å²) in [4.78, 5) is 28.1. The van der Waals surface area contributed by atoms with Crippen LogP contribution in [0.25, 0.3) is 38.9 Å². The zero-order chi connectivity index (χ0) is 23.1. The number of ether oxygens (including phenoxy) is 1. The summed E-state index contributed by atoms with van der Waals surface area (Å²) in [5.74, 6) is 0.779. The molecular formula is C27H21N5O2. The van der Waals surface area contributed by atoms with Crippen LogP contribution < -0.4 is 10.3 Å². The molecular weight excluding hydrogens is 426 g/mol. The van der Waals surface area contributed by atoms with Gasteiger partial charge in [-0.15, -0.1) is 0 Å². The second-order valence-corrected chi connectivity index (χ2v) is 8.01. The van der Waals surface area contributed by atoms with Gasteiger partial charge in [0.1, 0.15) is 23.0 Å². The highest BCUT2D eigenvalue weighted by Gasteiger charge is 2.21. The maximum Gasteiger partial charge on any atom is 0.265 e. The van der Waals surface area contributed by atoms with Gasteiger partial charge >= 0.3 is 0 Å². The molecule has 0 bridgehead atoms. The van der Waals surface area contributed by atoms with Gasteiger partial charge in [0.15, 0.2) is 11.3 Å². The SMILES string of the molecule is CCOc1ccc(-n2c3nc4ccccc4nc3c3c(=O)n(Cc4ccccc4)cnc32)cc1. The molecule has 3 aromatic carbocycles. The van der Waals surface area contributed by atoms with E-state index in [1.807, 2.05) is 90.4 Å². The van der Waals surface area contributed by atoms with Crippen LogP contribution in [-0.2, 0) is 6.54 Å². The zero-order valence-corrected chi connectivity index (χ0v) is 18.5. The van der Waals surface area contributed by atoms with Crippen LogP contribution in [-0.4, -0.2) is 30.7 Å². The number of fused-ring (bicyclic) bond motifs is 4. The third-order valence-electron chi connectivity index (χ3n) is 5.83. The van der Waals surface area contributed by atoms with Gasteiger partial charge in [-0.1, -0.05) is 42.5 Å². The average Bonchev–Trinajstić information content (AvgIpc) is 3.19. The Balaban J connectivity index is 1.64. The van der Waals surface area contributed by atoms with Crippen molar-refractivity contribution in [1.29, 1.82) is 0 Å². The van der Waals surface area contributed by atoms with E-state index in [1.165, 1.54) is 0 Å². The minimum absolute atomic E-state index is 0.145. The number of rotatable bonds is 5. The predicted molar refractivity (Wildman–Crippen MR) is 133 cm³/mol. The smallest absolute Gasteiger partial charge is 0.265 e. The molecule has 0 aliphatic rings. The lowest BCUT2D eigenvalue weighted by molar-refractivity contribution is 0.340. The summed E-state index contributed by atoms with van der Waals surface area (Å²) in [7, 11) is 0. The highest BCUT2D eigenvalue weighted by Crippen LogP contribution is 2.29. The second kappa shape index (κ2) is 8.12. The number of hydrogen-bond acceptors (Lipinski definition) is 5. The van der Waals surface area contributed by atoms with Crippen molar-refractivity contribution in [3.63, 3.8) is 0 Å². The van der Waals surface area contributed by atoms with E-state index >= 15 is 0 Å². The molecule has 0 saturated heterocycles. The van der Waals surface area contributed by atoms with E-state index in [0.29, 0.717) is 35.3 Å². The first-order valence-corrected chi connectivity index (χ1v) is 11.2. The fourth-order valence-corrected chi connectivity index (χ4v) is 4.27. The lowest BCUT2D eigenvalue weighted by Gasteiger charge is -2.09. The van der Waals surface area contributed by atoms with Crippen LogP contribution in [0.2, 0.25) is 0 Å². The summed E-state index contributed by atoms with van der Waals surface area (Å²) in [6, 6.07) is 25.2. The molecule has 0 aliphatic carbocycles. The van der Waals surface area contributed by atoms with Crippen LogP contribution in [0.4, 0.5) is 0 Å². The average molecular weight is 447 g/mol. The summed E-state index contributed by atoms with van der Waals surface area (Å²) < 4.78 is 9.11. The van der Waals surface area contributed by atoms with Crippen molar-refractivity contribution in [2.45, 2.75) is 13.5 Å². The Kier molecular flexibility index (Phi) is 4.80. The van der Waals surface area contributed by atoms with Gasteiger partial charge in [0.2, 0.25) is 0 Å². The quantitative estimate of drug-likeness (QED) is 0.382. The van der Waals surface area contributed by atoms with Crippen LogP contribution in [0, 0.1) is 0 Å². The van der Waals surface area contributed by atoms with Crippen molar-refractivity contribution < 1.29 is 4.74 Å². The van der Waals surface area contributed by atoms with E-state index in [-0.39, 0.29) is 5.56 Å². The maximum absolute atomic E-state index is 13.7. The summed E-state index contributed by atoms with van der Waals surface area (Å²) in [5.41, 5.74) is 4.88. The Morgan fingerprint density at radius 3 is 2.26 bits per heavy atom. The van der Waals surface area contributed by atoms with Crippen LogP contribution >= 0.6 is 0 Å². The lowest BCUT2D eigenvalue weighted by Crippen LogP contribution is -2.21. The molecule has 34 heavy (non-hydrogen) atoms. The number of aromatic nitrogens is 5. The maximum atomic E-state index is 13.7. The topological polar surface area (TPSA) is 74.8 Å². The second-order valence-electron chi connectivity index (χ2n) is 8.01. The molecule has 0 unspecified atom stereocenters. The van der Waals surface area contributed by atoms with Crippen LogP contribution in [0.5, 0.6) is 5.75 Å². The molecule has 7 heteroatoms. The number of benzene rings is 3. The molecule has 0 fully saturated rings. The van der Waals surface area contributed by atoms with Crippen molar-refractivity contribution in [3.8, 4) is 11.4 Å². The Bertz CT molecular complexity index is 1700. The first-order valence-electron chi connectivity index (χ1n) is 11.2. The Hall–Kier alpha value is -4.52. The Labute approximate surface area is 194 Å². The molecule has 3 heterocycles.